The predicted octanol–water partition coefficient (Wildman–Crippen LogP) is 3.99. The lowest BCUT2D eigenvalue weighted by Gasteiger charge is -2.12. The minimum Gasteiger partial charge on any atom is -0.484 e. The molecule has 0 spiro atoms. The van der Waals surface area contributed by atoms with E-state index in [1.807, 2.05) is 74.9 Å². The number of aromatic nitrogens is 2. The highest BCUT2D eigenvalue weighted by Gasteiger charge is 2.14. The molecular weight excluding hydrogens is 404 g/mol. The molecule has 0 radical (unpaired) electrons. The first-order valence-corrected chi connectivity index (χ1v) is 11.1. The maximum atomic E-state index is 12.3. The Morgan fingerprint density at radius 2 is 1.81 bits per heavy atom. The second-order valence-electron chi connectivity index (χ2n) is 7.99. The number of aryl methyl sites for hydroxylation is 2. The van der Waals surface area contributed by atoms with Gasteiger partial charge in [-0.2, -0.15) is 0 Å². The van der Waals surface area contributed by atoms with Gasteiger partial charge >= 0.3 is 0 Å². The highest BCUT2D eigenvalue weighted by molar-refractivity contribution is 5.94. The fourth-order valence-corrected chi connectivity index (χ4v) is 3.63. The molecule has 170 valence electrons. The number of hydrogen-bond donors (Lipinski definition) is 2. The van der Waals surface area contributed by atoms with Gasteiger partial charge < -0.3 is 19.9 Å². The number of rotatable bonds is 10. The normalized spacial score (nSPS) is 11.0. The van der Waals surface area contributed by atoms with Crippen LogP contribution in [-0.4, -0.2) is 34.5 Å². The Morgan fingerprint density at radius 3 is 2.50 bits per heavy atom. The highest BCUT2D eigenvalue weighted by Crippen LogP contribution is 2.20. The second-order valence-corrected chi connectivity index (χ2v) is 7.99. The molecule has 0 fully saturated rings. The fraction of sp³-hybridized carbons (Fsp3) is 0.400. The third-order valence-electron chi connectivity index (χ3n) is 5.65. The molecule has 2 amide bonds. The number of carbonyl (C=O) groups is 2. The molecule has 0 saturated heterocycles. The van der Waals surface area contributed by atoms with E-state index in [0.29, 0.717) is 24.4 Å². The Labute approximate surface area is 189 Å². The van der Waals surface area contributed by atoms with Crippen molar-refractivity contribution >= 4 is 28.5 Å². The molecular formula is C25H32N4O3. The molecule has 7 nitrogen and oxygen atoms in total. The number of anilines is 1. The molecule has 1 aromatic heterocycles. The fourth-order valence-electron chi connectivity index (χ4n) is 3.63. The summed E-state index contributed by atoms with van der Waals surface area (Å²) in [4.78, 5) is 29.1. The third-order valence-corrected chi connectivity index (χ3v) is 5.65. The number of ether oxygens (including phenoxy) is 1. The molecule has 3 rings (SSSR count). The first kappa shape index (κ1) is 23.3. The number of nitrogens with zero attached hydrogens (tertiary/aromatic N) is 2. The van der Waals surface area contributed by atoms with E-state index in [4.69, 9.17) is 9.72 Å². The van der Waals surface area contributed by atoms with Crippen LogP contribution in [0.1, 0.15) is 38.1 Å². The summed E-state index contributed by atoms with van der Waals surface area (Å²) in [7, 11) is 1.96. The number of benzene rings is 2. The Morgan fingerprint density at radius 1 is 1.09 bits per heavy atom. The Hall–Kier alpha value is -3.35. The maximum Gasteiger partial charge on any atom is 0.262 e. The molecule has 0 aliphatic carbocycles. The Balaban J connectivity index is 1.57. The van der Waals surface area contributed by atoms with Gasteiger partial charge in [-0.05, 0) is 50.1 Å². The van der Waals surface area contributed by atoms with Gasteiger partial charge in [0, 0.05) is 31.6 Å². The van der Waals surface area contributed by atoms with Crippen LogP contribution < -0.4 is 15.4 Å². The van der Waals surface area contributed by atoms with E-state index >= 15 is 0 Å². The lowest BCUT2D eigenvalue weighted by molar-refractivity contribution is -0.125. The van der Waals surface area contributed by atoms with Gasteiger partial charge in [0.2, 0.25) is 5.91 Å². The molecule has 7 heteroatoms. The van der Waals surface area contributed by atoms with E-state index in [9.17, 15) is 9.59 Å². The van der Waals surface area contributed by atoms with Crippen molar-refractivity contribution in [3.8, 4) is 5.75 Å². The molecule has 0 aliphatic rings. The molecule has 0 bridgehead atoms. The van der Waals surface area contributed by atoms with E-state index in [0.717, 1.165) is 35.3 Å². The Kier molecular flexibility index (Phi) is 7.87. The van der Waals surface area contributed by atoms with Crippen molar-refractivity contribution in [2.45, 2.75) is 40.0 Å². The van der Waals surface area contributed by atoms with E-state index in [-0.39, 0.29) is 24.3 Å². The zero-order valence-corrected chi connectivity index (χ0v) is 19.3. The molecule has 32 heavy (non-hydrogen) atoms. The largest absolute Gasteiger partial charge is 0.484 e. The maximum absolute atomic E-state index is 12.3. The van der Waals surface area contributed by atoms with E-state index in [1.165, 1.54) is 0 Å². The quantitative estimate of drug-likeness (QED) is 0.503. The Bertz CT molecular complexity index is 1070. The summed E-state index contributed by atoms with van der Waals surface area (Å²) >= 11 is 0. The lowest BCUT2D eigenvalue weighted by Crippen LogP contribution is -2.32. The van der Waals surface area contributed by atoms with Crippen molar-refractivity contribution in [2.24, 2.45) is 13.0 Å². The van der Waals surface area contributed by atoms with Gasteiger partial charge in [0.05, 0.1) is 11.0 Å². The van der Waals surface area contributed by atoms with Crippen molar-refractivity contribution in [3.05, 3.63) is 53.9 Å². The summed E-state index contributed by atoms with van der Waals surface area (Å²) in [6.07, 6.45) is 2.33. The van der Waals surface area contributed by atoms with Crippen molar-refractivity contribution in [1.29, 1.82) is 0 Å². The molecule has 2 aromatic carbocycles. The number of nitrogens with one attached hydrogen (secondary N) is 2. The van der Waals surface area contributed by atoms with Crippen LogP contribution in [0.3, 0.4) is 0 Å². The van der Waals surface area contributed by atoms with Crippen LogP contribution in [-0.2, 0) is 23.1 Å². The molecule has 0 unspecified atom stereocenters. The van der Waals surface area contributed by atoms with Crippen LogP contribution in [0.15, 0.2) is 42.5 Å². The van der Waals surface area contributed by atoms with Crippen molar-refractivity contribution in [1.82, 2.24) is 14.9 Å². The van der Waals surface area contributed by atoms with Crippen molar-refractivity contribution in [3.63, 3.8) is 0 Å². The molecule has 2 N–H and O–H groups in total. The average Bonchev–Trinajstić information content (AvgIpc) is 3.09. The van der Waals surface area contributed by atoms with Gasteiger partial charge in [0.1, 0.15) is 11.6 Å². The predicted molar refractivity (Wildman–Crippen MR) is 127 cm³/mol. The number of hydrogen-bond acceptors (Lipinski definition) is 4. The van der Waals surface area contributed by atoms with E-state index in [1.54, 1.807) is 0 Å². The molecule has 0 aliphatic heterocycles. The summed E-state index contributed by atoms with van der Waals surface area (Å²) in [5, 5.41) is 5.87. The molecule has 3 aromatic rings. The van der Waals surface area contributed by atoms with Crippen LogP contribution in [0.5, 0.6) is 5.75 Å². The number of fused-ring (bicyclic) bond motifs is 1. The minimum atomic E-state index is -0.231. The van der Waals surface area contributed by atoms with Gasteiger partial charge in [-0.15, -0.1) is 0 Å². The van der Waals surface area contributed by atoms with E-state index < -0.39 is 0 Å². The highest BCUT2D eigenvalue weighted by atomic mass is 16.5. The average molecular weight is 437 g/mol. The minimum absolute atomic E-state index is 0.0647. The summed E-state index contributed by atoms with van der Waals surface area (Å²) < 4.78 is 7.55. The van der Waals surface area contributed by atoms with Gasteiger partial charge in [-0.3, -0.25) is 9.59 Å². The second kappa shape index (κ2) is 10.8. The third kappa shape index (κ3) is 5.87. The first-order chi connectivity index (χ1) is 15.4. The van der Waals surface area contributed by atoms with Crippen LogP contribution in [0.4, 0.5) is 5.69 Å². The molecule has 1 heterocycles. The van der Waals surface area contributed by atoms with Crippen LogP contribution in [0, 0.1) is 12.8 Å². The van der Waals surface area contributed by atoms with Crippen LogP contribution in [0.2, 0.25) is 0 Å². The topological polar surface area (TPSA) is 85.2 Å². The summed E-state index contributed by atoms with van der Waals surface area (Å²) in [5.74, 6) is 1.48. The SMILES string of the molecule is CCC(CC)C(=O)NCCc1nc2cc(NC(=O)COc3ccc(C)cc3)ccc2n1C. The standard InChI is InChI=1S/C25H32N4O3/c1-5-18(6-2)25(31)26-14-13-23-28-21-15-19(9-12-22(21)29(23)4)27-24(30)16-32-20-10-7-17(3)8-11-20/h7-12,15,18H,5-6,13-14,16H2,1-4H3,(H,26,31)(H,27,30). The summed E-state index contributed by atoms with van der Waals surface area (Å²) in [5.41, 5.74) is 3.58. The van der Waals surface area contributed by atoms with Crippen LogP contribution >= 0.6 is 0 Å². The zero-order chi connectivity index (χ0) is 23.1. The van der Waals surface area contributed by atoms with Gasteiger partial charge in [-0.25, -0.2) is 4.98 Å². The van der Waals surface area contributed by atoms with Gasteiger partial charge in [0.25, 0.3) is 5.91 Å². The first-order valence-electron chi connectivity index (χ1n) is 11.1. The smallest absolute Gasteiger partial charge is 0.262 e. The molecule has 0 atom stereocenters. The summed E-state index contributed by atoms with van der Waals surface area (Å²) in [6.45, 7) is 6.55. The van der Waals surface area contributed by atoms with Gasteiger partial charge in [0.15, 0.2) is 6.61 Å². The number of imidazole rings is 1. The monoisotopic (exact) mass is 436 g/mol. The lowest BCUT2D eigenvalue weighted by atomic mass is 10.0. The van der Waals surface area contributed by atoms with E-state index in [2.05, 4.69) is 10.6 Å². The number of amides is 2. The van der Waals surface area contributed by atoms with Crippen molar-refractivity contribution in [2.75, 3.05) is 18.5 Å². The van der Waals surface area contributed by atoms with Gasteiger partial charge in [-0.1, -0.05) is 31.5 Å². The summed E-state index contributed by atoms with van der Waals surface area (Å²) in [6, 6.07) is 13.2. The zero-order valence-electron chi connectivity index (χ0n) is 19.3. The molecule has 0 saturated carbocycles. The van der Waals surface area contributed by atoms with Crippen molar-refractivity contribution < 1.29 is 14.3 Å². The number of carbonyl (C=O) groups excluding carboxylic acids is 2. The van der Waals surface area contributed by atoms with Crippen LogP contribution in [0.25, 0.3) is 11.0 Å².